The summed E-state index contributed by atoms with van der Waals surface area (Å²) in [7, 11) is 0. The average Bonchev–Trinajstić information content (AvgIpc) is 3.09. The van der Waals surface area contributed by atoms with E-state index in [0.29, 0.717) is 25.5 Å². The number of nitrogens with one attached hydrogen (secondary N) is 1. The van der Waals surface area contributed by atoms with Crippen molar-refractivity contribution < 1.29 is 9.53 Å². The highest BCUT2D eigenvalue weighted by Crippen LogP contribution is 2.27. The molecule has 1 aromatic carbocycles. The van der Waals surface area contributed by atoms with E-state index in [1.165, 1.54) is 0 Å². The summed E-state index contributed by atoms with van der Waals surface area (Å²) in [5, 5.41) is 6.92. The zero-order valence-corrected chi connectivity index (χ0v) is 17.7. The first-order valence-corrected chi connectivity index (χ1v) is 11.4. The molecule has 0 saturated carbocycles. The van der Waals surface area contributed by atoms with Crippen molar-refractivity contribution in [3.8, 4) is 0 Å². The number of hydrogen-bond acceptors (Lipinski definition) is 6. The fraction of sp³-hybridized carbons (Fsp3) is 0.474. The van der Waals surface area contributed by atoms with Crippen molar-refractivity contribution in [1.29, 1.82) is 0 Å². The lowest BCUT2D eigenvalue weighted by molar-refractivity contribution is -0.118. The summed E-state index contributed by atoms with van der Waals surface area (Å²) in [6.07, 6.45) is 0. The van der Waals surface area contributed by atoms with E-state index in [2.05, 4.69) is 15.2 Å². The smallest absolute Gasteiger partial charge is 0.230 e. The fourth-order valence-corrected chi connectivity index (χ4v) is 4.78. The molecule has 1 amide bonds. The van der Waals surface area contributed by atoms with Crippen LogP contribution in [0.5, 0.6) is 0 Å². The summed E-state index contributed by atoms with van der Waals surface area (Å²) in [6.45, 7) is 5.62. The summed E-state index contributed by atoms with van der Waals surface area (Å²) in [4.78, 5) is 19.1. The van der Waals surface area contributed by atoms with E-state index in [4.69, 9.17) is 16.3 Å². The monoisotopic (exact) mass is 425 g/mol. The lowest BCUT2D eigenvalue weighted by atomic mass is 10.0. The Labute approximate surface area is 173 Å². The Morgan fingerprint density at radius 1 is 1.41 bits per heavy atom. The molecule has 0 radical (unpaired) electrons. The maximum atomic E-state index is 12.3. The second-order valence-electron chi connectivity index (χ2n) is 6.34. The summed E-state index contributed by atoms with van der Waals surface area (Å²) in [6, 6.07) is 7.91. The van der Waals surface area contributed by atoms with Crippen LogP contribution in [-0.2, 0) is 15.3 Å². The Bertz CT molecular complexity index is 750. The molecule has 27 heavy (non-hydrogen) atoms. The molecule has 1 N–H and O–H groups in total. The maximum absolute atomic E-state index is 12.3. The zero-order valence-electron chi connectivity index (χ0n) is 15.3. The number of halogens is 1. The normalized spacial score (nSPS) is 16.2. The van der Waals surface area contributed by atoms with Crippen LogP contribution >= 0.6 is 34.7 Å². The summed E-state index contributed by atoms with van der Waals surface area (Å²) in [5.41, 5.74) is 2.09. The second kappa shape index (κ2) is 10.4. The highest BCUT2D eigenvalue weighted by Gasteiger charge is 2.24. The molecule has 146 valence electrons. The van der Waals surface area contributed by atoms with Gasteiger partial charge in [0.2, 0.25) is 5.91 Å². The minimum absolute atomic E-state index is 0.0391. The van der Waals surface area contributed by atoms with Crippen LogP contribution in [0.3, 0.4) is 0 Å². The Morgan fingerprint density at radius 2 is 2.19 bits per heavy atom. The molecule has 1 aliphatic rings. The zero-order chi connectivity index (χ0) is 19.1. The minimum atomic E-state index is 0.0391. The predicted molar refractivity (Wildman–Crippen MR) is 113 cm³/mol. The van der Waals surface area contributed by atoms with Crippen LogP contribution in [0.4, 0.5) is 0 Å². The Morgan fingerprint density at radius 3 is 2.89 bits per heavy atom. The van der Waals surface area contributed by atoms with Gasteiger partial charge in [-0.15, -0.1) is 23.1 Å². The molecule has 0 spiro atoms. The molecule has 0 bridgehead atoms. The van der Waals surface area contributed by atoms with E-state index in [9.17, 15) is 4.79 Å². The van der Waals surface area contributed by atoms with E-state index >= 15 is 0 Å². The van der Waals surface area contributed by atoms with Crippen LogP contribution in [-0.4, -0.2) is 54.4 Å². The van der Waals surface area contributed by atoms with Gasteiger partial charge in [-0.3, -0.25) is 9.69 Å². The Kier molecular flexibility index (Phi) is 7.96. The number of amides is 1. The van der Waals surface area contributed by atoms with Gasteiger partial charge in [0.05, 0.1) is 35.7 Å². The van der Waals surface area contributed by atoms with Crippen molar-refractivity contribution in [2.75, 3.05) is 38.6 Å². The summed E-state index contributed by atoms with van der Waals surface area (Å²) >= 11 is 9.65. The molecular formula is C19H24ClN3O2S2. The van der Waals surface area contributed by atoms with Crippen molar-refractivity contribution in [3.05, 3.63) is 50.9 Å². The number of carbonyl (C=O) groups is 1. The molecule has 0 aliphatic carbocycles. The molecule has 1 aliphatic heterocycles. The van der Waals surface area contributed by atoms with Gasteiger partial charge >= 0.3 is 0 Å². The van der Waals surface area contributed by atoms with Crippen LogP contribution in [0, 0.1) is 6.92 Å². The van der Waals surface area contributed by atoms with E-state index in [-0.39, 0.29) is 11.9 Å². The first-order valence-electron chi connectivity index (χ1n) is 8.95. The number of benzene rings is 1. The second-order valence-corrected chi connectivity index (χ2v) is 8.80. The molecule has 8 heteroatoms. The van der Waals surface area contributed by atoms with Crippen LogP contribution in [0.15, 0.2) is 29.6 Å². The molecule has 3 rings (SSSR count). The molecule has 2 aromatic rings. The first kappa shape index (κ1) is 20.6. The lowest BCUT2D eigenvalue weighted by Crippen LogP contribution is -2.44. The number of ether oxygens (including phenoxy) is 1. The number of thiazole rings is 1. The fourth-order valence-electron chi connectivity index (χ4n) is 3.05. The van der Waals surface area contributed by atoms with E-state index in [1.54, 1.807) is 23.1 Å². The molecule has 2 heterocycles. The standard InChI is InChI=1S/C19H24ClN3O2S2/c1-14-22-15(12-27-14)11-26-13-19(24)21-10-18(23-6-8-25-9-7-23)16-4-2-3-5-17(16)20/h2-5,12,18H,6-11,13H2,1H3,(H,21,24). The van der Waals surface area contributed by atoms with Gasteiger partial charge in [-0.2, -0.15) is 0 Å². The van der Waals surface area contributed by atoms with Gasteiger partial charge in [0.25, 0.3) is 0 Å². The molecule has 1 fully saturated rings. The van der Waals surface area contributed by atoms with Gasteiger partial charge < -0.3 is 10.1 Å². The SMILES string of the molecule is Cc1nc(CSCC(=O)NCC(c2ccccc2Cl)N2CCOCC2)cs1. The molecule has 1 atom stereocenters. The molecule has 1 aromatic heterocycles. The van der Waals surface area contributed by atoms with Crippen molar-refractivity contribution in [1.82, 2.24) is 15.2 Å². The highest BCUT2D eigenvalue weighted by atomic mass is 35.5. The van der Waals surface area contributed by atoms with Crippen molar-refractivity contribution in [3.63, 3.8) is 0 Å². The summed E-state index contributed by atoms with van der Waals surface area (Å²) < 4.78 is 5.47. The Hall–Kier alpha value is -1.12. The number of nitrogens with zero attached hydrogens (tertiary/aromatic N) is 2. The number of carbonyl (C=O) groups excluding carboxylic acids is 1. The molecule has 1 unspecified atom stereocenters. The third-order valence-electron chi connectivity index (χ3n) is 4.39. The maximum Gasteiger partial charge on any atom is 0.230 e. The van der Waals surface area contributed by atoms with Crippen LogP contribution in [0.2, 0.25) is 5.02 Å². The first-order chi connectivity index (χ1) is 13.1. The number of thioether (sulfide) groups is 1. The van der Waals surface area contributed by atoms with Gasteiger partial charge in [0.15, 0.2) is 0 Å². The molecule has 5 nitrogen and oxygen atoms in total. The average molecular weight is 426 g/mol. The van der Waals surface area contributed by atoms with Crippen molar-refractivity contribution >= 4 is 40.6 Å². The number of aryl methyl sites for hydroxylation is 1. The van der Waals surface area contributed by atoms with Gasteiger partial charge in [0, 0.05) is 35.8 Å². The number of morpholine rings is 1. The number of rotatable bonds is 8. The van der Waals surface area contributed by atoms with E-state index in [1.807, 2.05) is 36.6 Å². The molecule has 1 saturated heterocycles. The highest BCUT2D eigenvalue weighted by molar-refractivity contribution is 7.99. The van der Waals surface area contributed by atoms with E-state index < -0.39 is 0 Å². The van der Waals surface area contributed by atoms with Crippen molar-refractivity contribution in [2.45, 2.75) is 18.7 Å². The largest absolute Gasteiger partial charge is 0.379 e. The summed E-state index contributed by atoms with van der Waals surface area (Å²) in [5.74, 6) is 1.22. The van der Waals surface area contributed by atoms with E-state index in [0.717, 1.165) is 40.1 Å². The lowest BCUT2D eigenvalue weighted by Gasteiger charge is -2.35. The quantitative estimate of drug-likeness (QED) is 0.701. The van der Waals surface area contributed by atoms with Crippen LogP contribution in [0.25, 0.3) is 0 Å². The van der Waals surface area contributed by atoms with Crippen LogP contribution in [0.1, 0.15) is 22.3 Å². The van der Waals surface area contributed by atoms with Crippen LogP contribution < -0.4 is 5.32 Å². The number of hydrogen-bond donors (Lipinski definition) is 1. The van der Waals surface area contributed by atoms with Gasteiger partial charge in [0.1, 0.15) is 0 Å². The Balaban J connectivity index is 1.54. The third kappa shape index (κ3) is 6.19. The molecular weight excluding hydrogens is 402 g/mol. The minimum Gasteiger partial charge on any atom is -0.379 e. The van der Waals surface area contributed by atoms with Crippen molar-refractivity contribution in [2.24, 2.45) is 0 Å². The van der Waals surface area contributed by atoms with Gasteiger partial charge in [-0.1, -0.05) is 29.8 Å². The number of aromatic nitrogens is 1. The van der Waals surface area contributed by atoms with Gasteiger partial charge in [-0.05, 0) is 18.6 Å². The predicted octanol–water partition coefficient (Wildman–Crippen LogP) is 3.53. The third-order valence-corrected chi connectivity index (χ3v) is 6.53. The van der Waals surface area contributed by atoms with Gasteiger partial charge in [-0.25, -0.2) is 4.98 Å². The topological polar surface area (TPSA) is 54.5 Å².